The lowest BCUT2D eigenvalue weighted by Gasteiger charge is -2.12. The maximum atomic E-state index is 12.0. The first-order chi connectivity index (χ1) is 9.60. The fourth-order valence-electron chi connectivity index (χ4n) is 1.91. The number of amides is 2. The summed E-state index contributed by atoms with van der Waals surface area (Å²) in [5.41, 5.74) is 6.49. The third-order valence-corrected chi connectivity index (χ3v) is 3.11. The summed E-state index contributed by atoms with van der Waals surface area (Å²) in [5, 5.41) is 5.89. The second kappa shape index (κ2) is 6.42. The van der Waals surface area contributed by atoms with Gasteiger partial charge in [-0.1, -0.05) is 23.4 Å². The van der Waals surface area contributed by atoms with Crippen LogP contribution in [0.1, 0.15) is 18.4 Å². The molecule has 0 aliphatic carbocycles. The quantitative estimate of drug-likeness (QED) is 0.707. The van der Waals surface area contributed by atoms with Crippen molar-refractivity contribution in [2.45, 2.75) is 18.9 Å². The summed E-state index contributed by atoms with van der Waals surface area (Å²) in [6.07, 6.45) is 0.876. The number of nitrogens with one attached hydrogen (secondary N) is 2. The van der Waals surface area contributed by atoms with E-state index in [0.29, 0.717) is 29.1 Å². The van der Waals surface area contributed by atoms with Gasteiger partial charge in [0.05, 0.1) is 12.2 Å². The second-order valence-electron chi connectivity index (χ2n) is 4.34. The van der Waals surface area contributed by atoms with E-state index in [4.69, 9.17) is 17.3 Å². The van der Waals surface area contributed by atoms with Crippen LogP contribution < -0.4 is 16.4 Å². The number of nitrogens with two attached hydrogens (primary N) is 1. The molecule has 1 unspecified atom stereocenters. The van der Waals surface area contributed by atoms with E-state index in [-0.39, 0.29) is 18.4 Å². The second-order valence-corrected chi connectivity index (χ2v) is 4.78. The molecule has 1 aliphatic heterocycles. The molecule has 0 saturated carbocycles. The van der Waals surface area contributed by atoms with Gasteiger partial charge in [0, 0.05) is 17.0 Å². The number of carbonyl (C=O) groups is 2. The highest BCUT2D eigenvalue weighted by atomic mass is 35.5. The fraction of sp³-hybridized carbons (Fsp3) is 0.286. The van der Waals surface area contributed by atoms with E-state index in [9.17, 15) is 9.59 Å². The Morgan fingerprint density at radius 3 is 3.00 bits per heavy atom. The number of halogens is 1. The SMILES string of the molecule is NCC#Cc1cc(Cl)ccc1NC(=O)C1CCC(=O)N1. The van der Waals surface area contributed by atoms with Crippen molar-refractivity contribution < 1.29 is 9.59 Å². The molecule has 1 aromatic rings. The van der Waals surface area contributed by atoms with Crippen LogP contribution in [0.5, 0.6) is 0 Å². The van der Waals surface area contributed by atoms with Crippen LogP contribution in [0.4, 0.5) is 5.69 Å². The predicted octanol–water partition coefficient (Wildman–Crippen LogP) is 0.867. The molecule has 1 atom stereocenters. The van der Waals surface area contributed by atoms with E-state index < -0.39 is 6.04 Å². The van der Waals surface area contributed by atoms with Crippen molar-refractivity contribution in [2.24, 2.45) is 5.73 Å². The molecule has 2 rings (SSSR count). The maximum Gasteiger partial charge on any atom is 0.246 e. The van der Waals surface area contributed by atoms with Crippen molar-refractivity contribution in [1.82, 2.24) is 5.32 Å². The highest BCUT2D eigenvalue weighted by molar-refractivity contribution is 6.30. The predicted molar refractivity (Wildman–Crippen MR) is 77.2 cm³/mol. The molecule has 1 saturated heterocycles. The molecule has 4 N–H and O–H groups in total. The molecule has 0 radical (unpaired) electrons. The van der Waals surface area contributed by atoms with Gasteiger partial charge in [-0.3, -0.25) is 9.59 Å². The Hall–Kier alpha value is -2.03. The Kier molecular flexibility index (Phi) is 4.61. The largest absolute Gasteiger partial charge is 0.344 e. The van der Waals surface area contributed by atoms with Gasteiger partial charge in [0.1, 0.15) is 6.04 Å². The average molecular weight is 292 g/mol. The number of benzene rings is 1. The van der Waals surface area contributed by atoms with Crippen molar-refractivity contribution in [2.75, 3.05) is 11.9 Å². The molecule has 1 aliphatic rings. The van der Waals surface area contributed by atoms with Crippen molar-refractivity contribution in [1.29, 1.82) is 0 Å². The summed E-state index contributed by atoms with van der Waals surface area (Å²) in [7, 11) is 0. The van der Waals surface area contributed by atoms with Crippen molar-refractivity contribution >= 4 is 29.1 Å². The Balaban J connectivity index is 2.16. The van der Waals surface area contributed by atoms with Crippen LogP contribution in [0, 0.1) is 11.8 Å². The van der Waals surface area contributed by atoms with E-state index >= 15 is 0 Å². The molecule has 0 bridgehead atoms. The summed E-state index contributed by atoms with van der Waals surface area (Å²) in [5.74, 6) is 5.21. The lowest BCUT2D eigenvalue weighted by Crippen LogP contribution is -2.37. The van der Waals surface area contributed by atoms with Gasteiger partial charge in [0.25, 0.3) is 0 Å². The lowest BCUT2D eigenvalue weighted by molar-refractivity contribution is -0.122. The minimum Gasteiger partial charge on any atom is -0.344 e. The van der Waals surface area contributed by atoms with E-state index in [1.54, 1.807) is 18.2 Å². The molecule has 20 heavy (non-hydrogen) atoms. The Morgan fingerprint density at radius 1 is 1.55 bits per heavy atom. The summed E-state index contributed by atoms with van der Waals surface area (Å²) >= 11 is 5.91. The third-order valence-electron chi connectivity index (χ3n) is 2.88. The van der Waals surface area contributed by atoms with Gasteiger partial charge >= 0.3 is 0 Å². The van der Waals surface area contributed by atoms with Crippen molar-refractivity contribution in [3.63, 3.8) is 0 Å². The van der Waals surface area contributed by atoms with Gasteiger partial charge in [-0.2, -0.15) is 0 Å². The van der Waals surface area contributed by atoms with Crippen LogP contribution in [-0.2, 0) is 9.59 Å². The number of carbonyl (C=O) groups excluding carboxylic acids is 2. The zero-order chi connectivity index (χ0) is 14.5. The van der Waals surface area contributed by atoms with Crippen LogP contribution in [-0.4, -0.2) is 24.4 Å². The van der Waals surface area contributed by atoms with Crippen molar-refractivity contribution in [3.05, 3.63) is 28.8 Å². The highest BCUT2D eigenvalue weighted by Crippen LogP contribution is 2.20. The van der Waals surface area contributed by atoms with Gasteiger partial charge in [-0.05, 0) is 24.6 Å². The summed E-state index contributed by atoms with van der Waals surface area (Å²) < 4.78 is 0. The number of anilines is 1. The van der Waals surface area contributed by atoms with Gasteiger partial charge in [0.2, 0.25) is 11.8 Å². The maximum absolute atomic E-state index is 12.0. The molecule has 1 aromatic carbocycles. The zero-order valence-corrected chi connectivity index (χ0v) is 11.5. The van der Waals surface area contributed by atoms with Crippen LogP contribution in [0.25, 0.3) is 0 Å². The highest BCUT2D eigenvalue weighted by Gasteiger charge is 2.27. The van der Waals surface area contributed by atoms with E-state index in [0.717, 1.165) is 0 Å². The summed E-state index contributed by atoms with van der Waals surface area (Å²) in [6, 6.07) is 4.51. The molecule has 104 valence electrons. The molecular formula is C14H14ClN3O2. The molecule has 5 nitrogen and oxygen atoms in total. The summed E-state index contributed by atoms with van der Waals surface area (Å²) in [4.78, 5) is 23.2. The lowest BCUT2D eigenvalue weighted by atomic mass is 10.1. The van der Waals surface area contributed by atoms with Crippen LogP contribution in [0.15, 0.2) is 18.2 Å². The van der Waals surface area contributed by atoms with Gasteiger partial charge in [-0.15, -0.1) is 0 Å². The first-order valence-corrected chi connectivity index (χ1v) is 6.56. The summed E-state index contributed by atoms with van der Waals surface area (Å²) in [6.45, 7) is 0.221. The number of rotatable bonds is 2. The first-order valence-electron chi connectivity index (χ1n) is 6.19. The minimum atomic E-state index is -0.492. The smallest absolute Gasteiger partial charge is 0.246 e. The first kappa shape index (κ1) is 14.4. The third kappa shape index (κ3) is 3.50. The number of hydrogen-bond donors (Lipinski definition) is 3. The van der Waals surface area contributed by atoms with Crippen LogP contribution in [0.2, 0.25) is 5.02 Å². The normalized spacial score (nSPS) is 17.1. The monoisotopic (exact) mass is 291 g/mol. The minimum absolute atomic E-state index is 0.107. The molecule has 2 amide bonds. The molecule has 1 fully saturated rings. The van der Waals surface area contributed by atoms with Gasteiger partial charge in [-0.25, -0.2) is 0 Å². The fourth-order valence-corrected chi connectivity index (χ4v) is 2.08. The Morgan fingerprint density at radius 2 is 2.35 bits per heavy atom. The topological polar surface area (TPSA) is 84.2 Å². The molecule has 6 heteroatoms. The Bertz CT molecular complexity index is 604. The van der Waals surface area contributed by atoms with Crippen LogP contribution in [0.3, 0.4) is 0 Å². The zero-order valence-electron chi connectivity index (χ0n) is 10.7. The van der Waals surface area contributed by atoms with E-state index in [1.165, 1.54) is 0 Å². The molecule has 0 spiro atoms. The van der Waals surface area contributed by atoms with E-state index in [2.05, 4.69) is 22.5 Å². The Labute approximate surface area is 121 Å². The molecular weight excluding hydrogens is 278 g/mol. The van der Waals surface area contributed by atoms with Crippen molar-refractivity contribution in [3.8, 4) is 11.8 Å². The van der Waals surface area contributed by atoms with E-state index in [1.807, 2.05) is 0 Å². The average Bonchev–Trinajstić information content (AvgIpc) is 2.85. The standard InChI is InChI=1S/C14H14ClN3O2/c15-10-3-4-11(9(8-10)2-1-7-16)18-14(20)12-5-6-13(19)17-12/h3-4,8,12H,5-7,16H2,(H,17,19)(H,18,20). The van der Waals surface area contributed by atoms with Gasteiger partial charge < -0.3 is 16.4 Å². The number of hydrogen-bond acceptors (Lipinski definition) is 3. The molecule has 1 heterocycles. The van der Waals surface area contributed by atoms with Gasteiger partial charge in [0.15, 0.2) is 0 Å². The molecule has 0 aromatic heterocycles. The van der Waals surface area contributed by atoms with Crippen LogP contribution >= 0.6 is 11.6 Å².